The fourth-order valence-electron chi connectivity index (χ4n) is 4.28. The molecule has 1 amide bonds. The summed E-state index contributed by atoms with van der Waals surface area (Å²) < 4.78 is 0. The van der Waals surface area contributed by atoms with Crippen LogP contribution in [0.25, 0.3) is 0 Å². The number of nitrogens with zero attached hydrogens (tertiary/aromatic N) is 4. The van der Waals surface area contributed by atoms with Crippen molar-refractivity contribution in [2.24, 2.45) is 15.7 Å². The highest BCUT2D eigenvalue weighted by molar-refractivity contribution is 6.10. The van der Waals surface area contributed by atoms with Gasteiger partial charge in [0.2, 0.25) is 5.91 Å². The van der Waals surface area contributed by atoms with Crippen molar-refractivity contribution in [1.29, 1.82) is 5.26 Å². The molecule has 0 atom stereocenters. The summed E-state index contributed by atoms with van der Waals surface area (Å²) in [5, 5.41) is 18.7. The normalized spacial score (nSPS) is 16.9. The van der Waals surface area contributed by atoms with E-state index in [2.05, 4.69) is 30.1 Å². The number of para-hydroxylation sites is 1. The highest BCUT2D eigenvalue weighted by Crippen LogP contribution is 2.29. The van der Waals surface area contributed by atoms with Crippen molar-refractivity contribution in [3.8, 4) is 11.8 Å². The fourth-order valence-corrected chi connectivity index (χ4v) is 4.28. The Morgan fingerprint density at radius 2 is 1.86 bits per heavy atom. The largest absolute Gasteiger partial charge is 0.507 e. The van der Waals surface area contributed by atoms with Gasteiger partial charge in [0, 0.05) is 25.1 Å². The van der Waals surface area contributed by atoms with Crippen molar-refractivity contribution in [2.75, 3.05) is 13.1 Å². The van der Waals surface area contributed by atoms with Gasteiger partial charge in [-0.2, -0.15) is 5.26 Å². The number of nitriles is 1. The number of phenols is 1. The molecule has 7 heteroatoms. The number of hydrogen-bond acceptors (Lipinski definition) is 6. The van der Waals surface area contributed by atoms with Crippen LogP contribution in [0.3, 0.4) is 0 Å². The van der Waals surface area contributed by atoms with Crippen LogP contribution in [0.2, 0.25) is 0 Å². The van der Waals surface area contributed by atoms with E-state index < -0.39 is 5.91 Å². The molecule has 0 radical (unpaired) electrons. The lowest BCUT2D eigenvalue weighted by Gasteiger charge is -2.20. The highest BCUT2D eigenvalue weighted by Gasteiger charge is 2.24. The Labute approximate surface area is 211 Å². The molecule has 5 rings (SSSR count). The van der Waals surface area contributed by atoms with Gasteiger partial charge in [-0.15, -0.1) is 0 Å². The lowest BCUT2D eigenvalue weighted by molar-refractivity contribution is 0.1000. The predicted molar refractivity (Wildman–Crippen MR) is 142 cm³/mol. The monoisotopic (exact) mass is 479 g/mol. The van der Waals surface area contributed by atoms with Gasteiger partial charge in [0.15, 0.2) is 5.84 Å². The highest BCUT2D eigenvalue weighted by atomic mass is 16.3. The molecule has 0 aromatic heterocycles. The van der Waals surface area contributed by atoms with Crippen LogP contribution in [-0.2, 0) is 0 Å². The average molecular weight is 480 g/mol. The van der Waals surface area contributed by atoms with E-state index in [4.69, 9.17) is 21.0 Å². The Balaban J connectivity index is 0.000000233. The zero-order valence-corrected chi connectivity index (χ0v) is 20.3. The van der Waals surface area contributed by atoms with Gasteiger partial charge >= 0.3 is 0 Å². The number of hydrogen-bond donors (Lipinski definition) is 2. The summed E-state index contributed by atoms with van der Waals surface area (Å²) in [7, 11) is 0. The Bertz CT molecular complexity index is 1350. The van der Waals surface area contributed by atoms with Gasteiger partial charge in [-0.1, -0.05) is 35.9 Å². The van der Waals surface area contributed by atoms with E-state index in [1.807, 2.05) is 24.3 Å². The number of allylic oxidation sites excluding steroid dienone is 5. The van der Waals surface area contributed by atoms with Gasteiger partial charge in [-0.25, -0.2) is 9.98 Å². The molecule has 3 aliphatic rings. The first-order valence-electron chi connectivity index (χ1n) is 12.0. The van der Waals surface area contributed by atoms with Crippen LogP contribution >= 0.6 is 0 Å². The van der Waals surface area contributed by atoms with E-state index in [1.54, 1.807) is 24.3 Å². The van der Waals surface area contributed by atoms with Gasteiger partial charge in [-0.05, 0) is 68.2 Å². The van der Waals surface area contributed by atoms with Crippen LogP contribution in [0.4, 0.5) is 0 Å². The number of aromatic hydroxyl groups is 1. The molecular formula is C29H29N5O2. The minimum atomic E-state index is -0.512. The number of carbonyl (C=O) groups excluding carboxylic acids is 1. The minimum Gasteiger partial charge on any atom is -0.507 e. The molecule has 1 fully saturated rings. The van der Waals surface area contributed by atoms with Crippen molar-refractivity contribution in [2.45, 2.75) is 32.6 Å². The first kappa shape index (κ1) is 24.7. The van der Waals surface area contributed by atoms with E-state index in [0.717, 1.165) is 37.5 Å². The molecule has 2 aromatic carbocycles. The quantitative estimate of drug-likeness (QED) is 0.640. The number of benzene rings is 2. The lowest BCUT2D eigenvalue weighted by atomic mass is 10.1. The Kier molecular flexibility index (Phi) is 7.76. The molecule has 3 N–H and O–H groups in total. The van der Waals surface area contributed by atoms with Gasteiger partial charge in [0.1, 0.15) is 11.6 Å². The fraction of sp³-hybridized carbons (Fsp3) is 0.241. The average Bonchev–Trinajstić information content (AvgIpc) is 3.29. The minimum absolute atomic E-state index is 0.222. The molecule has 0 spiro atoms. The predicted octanol–water partition coefficient (Wildman–Crippen LogP) is 4.85. The van der Waals surface area contributed by atoms with Crippen LogP contribution < -0.4 is 5.73 Å². The Morgan fingerprint density at radius 3 is 2.58 bits per heavy atom. The summed E-state index contributed by atoms with van der Waals surface area (Å²) in [6.07, 6.45) is 10.8. The van der Waals surface area contributed by atoms with Crippen molar-refractivity contribution in [1.82, 2.24) is 4.90 Å². The van der Waals surface area contributed by atoms with E-state index in [-0.39, 0.29) is 5.75 Å². The third-order valence-electron chi connectivity index (χ3n) is 6.20. The van der Waals surface area contributed by atoms with Crippen molar-refractivity contribution in [3.63, 3.8) is 0 Å². The smallest absolute Gasteiger partial charge is 0.248 e. The molecule has 0 bridgehead atoms. The number of aliphatic imine (C=N–C) groups is 2. The topological polar surface area (TPSA) is 115 Å². The number of primary amides is 1. The number of carbonyl (C=O) groups is 1. The number of fused-ring (bicyclic) bond motifs is 1. The second kappa shape index (κ2) is 11.3. The van der Waals surface area contributed by atoms with Crippen LogP contribution in [0, 0.1) is 11.3 Å². The van der Waals surface area contributed by atoms with Gasteiger partial charge < -0.3 is 15.7 Å². The molecule has 1 aliphatic carbocycles. The van der Waals surface area contributed by atoms with Crippen LogP contribution in [0.5, 0.6) is 5.75 Å². The maximum atomic E-state index is 10.6. The van der Waals surface area contributed by atoms with Gasteiger partial charge in [0.25, 0.3) is 0 Å². The second-order valence-corrected chi connectivity index (χ2v) is 8.85. The summed E-state index contributed by atoms with van der Waals surface area (Å²) in [5.41, 5.74) is 9.89. The molecule has 36 heavy (non-hydrogen) atoms. The molecule has 7 nitrogen and oxygen atoms in total. The summed E-state index contributed by atoms with van der Waals surface area (Å²) in [6.45, 7) is 4.21. The van der Waals surface area contributed by atoms with E-state index in [0.29, 0.717) is 22.5 Å². The molecule has 0 saturated carbocycles. The molecule has 2 aliphatic heterocycles. The third kappa shape index (κ3) is 5.97. The van der Waals surface area contributed by atoms with E-state index in [9.17, 15) is 9.90 Å². The zero-order valence-electron chi connectivity index (χ0n) is 20.3. The van der Waals surface area contributed by atoms with E-state index in [1.165, 1.54) is 30.1 Å². The SMILES string of the molecule is CC1=CCC=C2CC(N3CCCC3)=NC(c3ccccc3O)=NC2=C1.N#Cc1cccc(C(N)=O)c1. The van der Waals surface area contributed by atoms with Crippen LogP contribution in [0.1, 0.15) is 54.1 Å². The number of nitrogens with two attached hydrogens (primary N) is 1. The summed E-state index contributed by atoms with van der Waals surface area (Å²) in [4.78, 5) is 22.7. The maximum Gasteiger partial charge on any atom is 0.248 e. The van der Waals surface area contributed by atoms with Gasteiger partial charge in [0.05, 0.1) is 22.9 Å². The number of rotatable bonds is 2. The standard InChI is InChI=1S/C21H23N3O.C8H6N2O/c1-15-7-6-8-16-14-20(24-11-4-5-12-24)23-21(22-18(16)13-15)17-9-2-3-10-19(17)25;9-5-6-2-1-3-7(4-6)8(10)11/h2-3,7-10,13,25H,4-6,11-12,14H2,1H3;1-4H,(H2,10,11). The molecule has 1 saturated heterocycles. The number of amides is 1. The van der Waals surface area contributed by atoms with Crippen LogP contribution in [0.15, 0.2) is 93.6 Å². The zero-order chi connectivity index (χ0) is 25.5. The maximum absolute atomic E-state index is 10.6. The summed E-state index contributed by atoms with van der Waals surface area (Å²) in [5.74, 6) is 1.37. The summed E-state index contributed by atoms with van der Waals surface area (Å²) >= 11 is 0. The van der Waals surface area contributed by atoms with Crippen molar-refractivity contribution < 1.29 is 9.90 Å². The lowest BCUT2D eigenvalue weighted by Crippen LogP contribution is -2.28. The molecule has 0 unspecified atom stereocenters. The second-order valence-electron chi connectivity index (χ2n) is 8.85. The van der Waals surface area contributed by atoms with Gasteiger partial charge in [-0.3, -0.25) is 4.79 Å². The first-order valence-corrected chi connectivity index (χ1v) is 12.0. The Hall–Kier alpha value is -4.44. The van der Waals surface area contributed by atoms with Crippen LogP contribution in [-0.4, -0.2) is 40.7 Å². The first-order chi connectivity index (χ1) is 17.4. The van der Waals surface area contributed by atoms with E-state index >= 15 is 0 Å². The van der Waals surface area contributed by atoms with Crippen molar-refractivity contribution in [3.05, 3.63) is 100 Å². The van der Waals surface area contributed by atoms with Crippen molar-refractivity contribution >= 4 is 17.6 Å². The number of amidine groups is 2. The number of likely N-dealkylation sites (tertiary alicyclic amines) is 1. The third-order valence-corrected chi connectivity index (χ3v) is 6.20. The summed E-state index contributed by atoms with van der Waals surface area (Å²) in [6, 6.07) is 15.5. The molecule has 2 aromatic rings. The Morgan fingerprint density at radius 1 is 1.08 bits per heavy atom. The number of phenolic OH excluding ortho intramolecular Hbond substituents is 1. The molecular weight excluding hydrogens is 450 g/mol. The molecule has 2 heterocycles. The molecule has 182 valence electrons.